The molecule has 28 heteroatoms. The van der Waals surface area contributed by atoms with Gasteiger partial charge < -0.3 is 72.0 Å². The second-order valence-electron chi connectivity index (χ2n) is 24.0. The van der Waals surface area contributed by atoms with Gasteiger partial charge in [0.2, 0.25) is 29.5 Å². The van der Waals surface area contributed by atoms with Crippen LogP contribution in [0.2, 0.25) is 0 Å². The first-order valence-corrected chi connectivity index (χ1v) is 37.4. The molecule has 0 spiro atoms. The molecule has 1 aromatic carbocycles. The Morgan fingerprint density at radius 2 is 0.949 bits per heavy atom. The Hall–Kier alpha value is -4.85. The molecule has 0 aliphatic carbocycles. The smallest absolute Gasteiger partial charge is 0.415 e. The molecule has 7 amide bonds. The number of nitrogens with one attached hydrogen (secondary N) is 1. The molecule has 3 rings (SSSR count). The van der Waals surface area contributed by atoms with Gasteiger partial charge in [0.05, 0.1) is 89.8 Å². The number of amides is 7. The van der Waals surface area contributed by atoms with Crippen molar-refractivity contribution in [2.45, 2.75) is 177 Å². The molecule has 2 aliphatic rings. The van der Waals surface area contributed by atoms with Crippen molar-refractivity contribution in [2.75, 3.05) is 179 Å². The third-order valence-electron chi connectivity index (χ3n) is 16.4. The summed E-state index contributed by atoms with van der Waals surface area (Å²) in [6.07, 6.45) is 9.13. The number of ketones is 2. The predicted molar refractivity (Wildman–Crippen MR) is 373 cm³/mol. The third kappa shape index (κ3) is 38.3. The second-order valence-corrected chi connectivity index (χ2v) is 26.6. The number of benzene rings is 1. The zero-order valence-electron chi connectivity index (χ0n) is 59.8. The summed E-state index contributed by atoms with van der Waals surface area (Å²) in [5, 5.41) is 1.55. The van der Waals surface area contributed by atoms with Gasteiger partial charge in [-0.2, -0.15) is 0 Å². The van der Waals surface area contributed by atoms with E-state index in [9.17, 15) is 43.2 Å². The third-order valence-corrected chi connectivity index (χ3v) is 19.0. The first kappa shape index (κ1) is 87.4. The Morgan fingerprint density at radius 3 is 1.39 bits per heavy atom. The Balaban J connectivity index is 1.44. The number of methoxy groups -OCH3 is 4. The van der Waals surface area contributed by atoms with Crippen molar-refractivity contribution in [2.24, 2.45) is 0 Å². The number of nitrogens with zero attached hydrogens (tertiary/aromatic N) is 4. The zero-order valence-corrected chi connectivity index (χ0v) is 61.4. The highest BCUT2D eigenvalue weighted by Gasteiger charge is 2.40. The van der Waals surface area contributed by atoms with Gasteiger partial charge in [-0.25, -0.2) is 9.59 Å². The number of rotatable bonds is 63. The minimum atomic E-state index is -0.666. The zero-order chi connectivity index (χ0) is 71.4. The van der Waals surface area contributed by atoms with Gasteiger partial charge in [0.25, 0.3) is 0 Å². The highest BCUT2D eigenvalue weighted by Crippen LogP contribution is 2.30. The fourth-order valence-corrected chi connectivity index (χ4v) is 13.0. The van der Waals surface area contributed by atoms with E-state index in [1.54, 1.807) is 57.6 Å². The van der Waals surface area contributed by atoms with Gasteiger partial charge in [-0.1, -0.05) is 37.8 Å². The molecule has 1 aromatic rings. The lowest BCUT2D eigenvalue weighted by molar-refractivity contribution is -0.140. The summed E-state index contributed by atoms with van der Waals surface area (Å²) in [5.41, 5.74) is 0.688. The van der Waals surface area contributed by atoms with E-state index >= 15 is 0 Å². The van der Waals surface area contributed by atoms with Crippen LogP contribution in [0.5, 0.6) is 5.75 Å². The number of alkyl carbamates (subject to hydrolysis) is 1. The molecule has 0 aromatic heterocycles. The van der Waals surface area contributed by atoms with Gasteiger partial charge in [0.1, 0.15) is 35.6 Å². The summed E-state index contributed by atoms with van der Waals surface area (Å²) in [4.78, 5) is 123. The first-order chi connectivity index (χ1) is 47.6. The fraction of sp³-hybridized carbons (Fsp3) is 0.786. The van der Waals surface area contributed by atoms with Gasteiger partial charge in [-0.3, -0.25) is 43.4 Å². The van der Waals surface area contributed by atoms with Gasteiger partial charge in [0, 0.05) is 133 Å². The maximum Gasteiger partial charge on any atom is 0.415 e. The van der Waals surface area contributed by atoms with Crippen molar-refractivity contribution >= 4 is 76.8 Å². The number of carbonyl (C=O) groups excluding carboxylic acids is 9. The van der Waals surface area contributed by atoms with Crippen LogP contribution < -0.4 is 10.1 Å². The van der Waals surface area contributed by atoms with Crippen LogP contribution in [0.3, 0.4) is 0 Å². The maximum atomic E-state index is 14.0. The molecule has 1 N–H and O–H groups in total. The van der Waals surface area contributed by atoms with Crippen molar-refractivity contribution in [1.29, 1.82) is 0 Å². The fourth-order valence-electron chi connectivity index (χ4n) is 10.6. The standard InChI is InChI=1S/C70H117N5O21S2/c1-8-72(9-2)70(84)95-58-29-27-55(28-30-58)61(96-69(83)71-3)25-22-26-64(78)73(33-16-10-12-20-47-97-62-49-65(79)74(67(62)81)35-31-56(76)23-14-18-37-89-51-59(93-45-41-87-6)53-91-43-39-85-4)34-17-11-13-21-48-98-63-50-66(80)75(68(63)82)36-32-57(77)24-15-19-38-90-52-60(94-46-42-88-7)54-92-44-40-86-5/h27-30,59-63H,8-26,31-54H2,1-7H3,(H,71,83). The van der Waals surface area contributed by atoms with E-state index in [2.05, 4.69) is 5.32 Å². The minimum Gasteiger partial charge on any atom is -0.441 e. The molecular weight excluding hydrogens is 1310 g/mol. The van der Waals surface area contributed by atoms with Gasteiger partial charge in [-0.15, -0.1) is 23.5 Å². The average Bonchev–Trinajstić information content (AvgIpc) is 1.68. The molecule has 5 unspecified atom stereocenters. The number of Topliss-reactive ketones (excluding diaryl/α,β-unsaturated/α-hetero) is 2. The Morgan fingerprint density at radius 1 is 0.510 bits per heavy atom. The molecule has 0 radical (unpaired) electrons. The number of imide groups is 2. The first-order valence-electron chi connectivity index (χ1n) is 35.3. The molecule has 2 saturated heterocycles. The van der Waals surface area contributed by atoms with E-state index < -0.39 is 28.8 Å². The van der Waals surface area contributed by atoms with E-state index in [1.165, 1.54) is 40.4 Å². The predicted octanol–water partition coefficient (Wildman–Crippen LogP) is 8.45. The number of thioether (sulfide) groups is 2. The van der Waals surface area contributed by atoms with Crippen LogP contribution in [-0.2, 0) is 85.7 Å². The lowest BCUT2D eigenvalue weighted by Gasteiger charge is -2.24. The van der Waals surface area contributed by atoms with Crippen molar-refractivity contribution in [3.63, 3.8) is 0 Å². The second kappa shape index (κ2) is 55.8. The summed E-state index contributed by atoms with van der Waals surface area (Å²) in [7, 11) is 7.91. The Bertz CT molecular complexity index is 2290. The molecule has 2 fully saturated rings. The summed E-state index contributed by atoms with van der Waals surface area (Å²) in [6, 6.07) is 6.80. The van der Waals surface area contributed by atoms with E-state index in [0.29, 0.717) is 193 Å². The normalized spacial score (nSPS) is 15.7. The number of ether oxygens (including phenoxy) is 12. The highest BCUT2D eigenvalue weighted by molar-refractivity contribution is 8.00. The van der Waals surface area contributed by atoms with Crippen molar-refractivity contribution in [1.82, 2.24) is 24.9 Å². The number of hydrogen-bond acceptors (Lipinski definition) is 23. The van der Waals surface area contributed by atoms with E-state index in [1.807, 2.05) is 18.7 Å². The van der Waals surface area contributed by atoms with Crippen LogP contribution in [0.4, 0.5) is 9.59 Å². The van der Waals surface area contributed by atoms with Crippen LogP contribution in [-0.4, -0.2) is 274 Å². The van der Waals surface area contributed by atoms with Crippen molar-refractivity contribution in [3.8, 4) is 5.75 Å². The van der Waals surface area contributed by atoms with Gasteiger partial charge >= 0.3 is 12.2 Å². The number of carbonyl (C=O) groups is 9. The SMILES string of the molecule is CCN(CC)C(=O)Oc1ccc(C(CCCC(=O)N(CCCCCCSC2CC(=O)N(CCC(=O)CCCCOCC(COCCOC)OCCOC)C2=O)CCCCCCSC2CC(=O)N(CCC(=O)CCCCOCC(COCCOC)OCCOC)C2=O)OC(=O)NC)cc1. The summed E-state index contributed by atoms with van der Waals surface area (Å²) in [5.74, 6) is 0.715. The number of unbranched alkanes of at least 4 members (excludes halogenated alkanes) is 8. The highest BCUT2D eigenvalue weighted by atomic mass is 32.2. The lowest BCUT2D eigenvalue weighted by atomic mass is 10.0. The van der Waals surface area contributed by atoms with E-state index in [-0.39, 0.29) is 98.5 Å². The van der Waals surface area contributed by atoms with Crippen LogP contribution >= 0.6 is 23.5 Å². The van der Waals surface area contributed by atoms with Crippen LogP contribution in [0.25, 0.3) is 0 Å². The minimum absolute atomic E-state index is 0.00800. The molecule has 0 bridgehead atoms. The summed E-state index contributed by atoms with van der Waals surface area (Å²) < 4.78 is 65.9. The van der Waals surface area contributed by atoms with Gasteiger partial charge in [0.15, 0.2) is 0 Å². The Labute approximate surface area is 590 Å². The molecule has 26 nitrogen and oxygen atoms in total. The molecule has 5 atom stereocenters. The molecular formula is C70H117N5O21S2. The van der Waals surface area contributed by atoms with Crippen LogP contribution in [0.15, 0.2) is 24.3 Å². The Kier molecular flexibility index (Phi) is 49.7. The molecule has 0 saturated carbocycles. The monoisotopic (exact) mass is 1430 g/mol. The van der Waals surface area contributed by atoms with Gasteiger partial charge in [-0.05, 0) is 107 Å². The number of likely N-dealkylation sites (tertiary alicyclic amines) is 2. The largest absolute Gasteiger partial charge is 0.441 e. The van der Waals surface area contributed by atoms with Crippen molar-refractivity contribution < 1.29 is 100.0 Å². The summed E-state index contributed by atoms with van der Waals surface area (Å²) >= 11 is 2.95. The molecule has 98 heavy (non-hydrogen) atoms. The molecule has 2 aliphatic heterocycles. The summed E-state index contributed by atoms with van der Waals surface area (Å²) in [6.45, 7) is 12.0. The van der Waals surface area contributed by atoms with Crippen LogP contribution in [0, 0.1) is 0 Å². The topological polar surface area (TPSA) is 289 Å². The number of hydrogen-bond donors (Lipinski definition) is 1. The van der Waals surface area contributed by atoms with E-state index in [4.69, 9.17) is 56.8 Å². The van der Waals surface area contributed by atoms with E-state index in [0.717, 1.165) is 51.4 Å². The van der Waals surface area contributed by atoms with Crippen molar-refractivity contribution in [3.05, 3.63) is 29.8 Å². The lowest BCUT2D eigenvalue weighted by Crippen LogP contribution is -2.33. The van der Waals surface area contributed by atoms with Crippen LogP contribution in [0.1, 0.15) is 160 Å². The molecule has 560 valence electrons. The maximum absolute atomic E-state index is 14.0. The average molecular weight is 1430 g/mol. The quantitative estimate of drug-likeness (QED) is 0.0472. The molecule has 2 heterocycles.